The third kappa shape index (κ3) is 4.18. The molecular weight excluding hydrogens is 362 g/mol. The monoisotopic (exact) mass is 377 g/mol. The molecule has 130 valence electrons. The molecule has 0 aliphatic rings. The predicted molar refractivity (Wildman–Crippen MR) is 97.3 cm³/mol. The Morgan fingerprint density at radius 3 is 2.88 bits per heavy atom. The molecule has 0 aliphatic carbocycles. The summed E-state index contributed by atoms with van der Waals surface area (Å²) in [6.07, 6.45) is 3.65. The molecular formula is C17H16ClN3O3S. The second-order valence-corrected chi connectivity index (χ2v) is 6.93. The SMILES string of the molecule is Cc1cc(C)c(NC(=O)COC(=O)Cc2cn3ccsc3n2)c(Cl)c1. The van der Waals surface area contributed by atoms with Gasteiger partial charge in [-0.25, -0.2) is 4.98 Å². The fraction of sp³-hybridized carbons (Fsp3) is 0.235. The van der Waals surface area contributed by atoms with Crippen molar-refractivity contribution in [2.75, 3.05) is 11.9 Å². The topological polar surface area (TPSA) is 72.7 Å². The van der Waals surface area contributed by atoms with E-state index in [1.54, 1.807) is 12.3 Å². The number of carbonyl (C=O) groups excluding carboxylic acids is 2. The lowest BCUT2D eigenvalue weighted by Crippen LogP contribution is -2.22. The van der Waals surface area contributed by atoms with Gasteiger partial charge in [-0.05, 0) is 31.0 Å². The number of benzene rings is 1. The fourth-order valence-corrected chi connectivity index (χ4v) is 3.54. The quantitative estimate of drug-likeness (QED) is 0.692. The first-order valence-corrected chi connectivity index (χ1v) is 8.81. The summed E-state index contributed by atoms with van der Waals surface area (Å²) < 4.78 is 6.85. The zero-order valence-electron chi connectivity index (χ0n) is 13.7. The van der Waals surface area contributed by atoms with Gasteiger partial charge in [0, 0.05) is 17.8 Å². The normalized spacial score (nSPS) is 10.8. The zero-order valence-corrected chi connectivity index (χ0v) is 15.3. The van der Waals surface area contributed by atoms with Crippen LogP contribution in [0.2, 0.25) is 5.02 Å². The number of aryl methyl sites for hydroxylation is 2. The number of carbonyl (C=O) groups is 2. The lowest BCUT2D eigenvalue weighted by molar-refractivity contribution is -0.146. The van der Waals surface area contributed by atoms with E-state index in [-0.39, 0.29) is 13.0 Å². The summed E-state index contributed by atoms with van der Waals surface area (Å²) >= 11 is 7.63. The molecule has 1 aromatic carbocycles. The van der Waals surface area contributed by atoms with Gasteiger partial charge in [0.25, 0.3) is 5.91 Å². The van der Waals surface area contributed by atoms with Gasteiger partial charge in [0.05, 0.1) is 22.8 Å². The molecule has 0 spiro atoms. The van der Waals surface area contributed by atoms with E-state index in [0.29, 0.717) is 16.4 Å². The summed E-state index contributed by atoms with van der Waals surface area (Å²) in [5.41, 5.74) is 2.99. The van der Waals surface area contributed by atoms with Crippen molar-refractivity contribution < 1.29 is 14.3 Å². The van der Waals surface area contributed by atoms with Crippen LogP contribution >= 0.6 is 22.9 Å². The second-order valence-electron chi connectivity index (χ2n) is 5.65. The number of aromatic nitrogens is 2. The van der Waals surface area contributed by atoms with Crippen LogP contribution in [-0.4, -0.2) is 27.9 Å². The van der Waals surface area contributed by atoms with E-state index in [2.05, 4.69) is 10.3 Å². The van der Waals surface area contributed by atoms with Crippen LogP contribution in [-0.2, 0) is 20.7 Å². The standard InChI is InChI=1S/C17H16ClN3O3S/c1-10-5-11(2)16(13(18)6-10)20-14(22)9-24-15(23)7-12-8-21-3-4-25-17(21)19-12/h3-6,8H,7,9H2,1-2H3,(H,20,22). The first kappa shape index (κ1) is 17.4. The van der Waals surface area contributed by atoms with Crippen molar-refractivity contribution >= 4 is 45.5 Å². The van der Waals surface area contributed by atoms with E-state index >= 15 is 0 Å². The maximum absolute atomic E-state index is 12.0. The number of amides is 1. The van der Waals surface area contributed by atoms with Crippen LogP contribution in [0, 0.1) is 13.8 Å². The highest BCUT2D eigenvalue weighted by Crippen LogP contribution is 2.27. The number of imidazole rings is 1. The molecule has 0 atom stereocenters. The summed E-state index contributed by atoms with van der Waals surface area (Å²) in [5, 5.41) is 5.04. The van der Waals surface area contributed by atoms with Crippen LogP contribution in [0.5, 0.6) is 0 Å². The maximum atomic E-state index is 12.0. The minimum absolute atomic E-state index is 0.0198. The minimum Gasteiger partial charge on any atom is -0.455 e. The molecule has 8 heteroatoms. The molecule has 0 saturated heterocycles. The second kappa shape index (κ2) is 7.25. The Balaban J connectivity index is 1.53. The van der Waals surface area contributed by atoms with Crippen LogP contribution in [0.15, 0.2) is 29.9 Å². The van der Waals surface area contributed by atoms with Crippen LogP contribution in [0.1, 0.15) is 16.8 Å². The van der Waals surface area contributed by atoms with Crippen molar-refractivity contribution in [2.45, 2.75) is 20.3 Å². The lowest BCUT2D eigenvalue weighted by atomic mass is 10.1. The minimum atomic E-state index is -0.507. The Morgan fingerprint density at radius 2 is 2.16 bits per heavy atom. The molecule has 0 bridgehead atoms. The number of nitrogens with zero attached hydrogens (tertiary/aromatic N) is 2. The largest absolute Gasteiger partial charge is 0.455 e. The number of hydrogen-bond donors (Lipinski definition) is 1. The highest BCUT2D eigenvalue weighted by molar-refractivity contribution is 7.15. The first-order chi connectivity index (χ1) is 11.9. The summed E-state index contributed by atoms with van der Waals surface area (Å²) in [4.78, 5) is 29.0. The molecule has 1 amide bonds. The molecule has 6 nitrogen and oxygen atoms in total. The number of esters is 1. The van der Waals surface area contributed by atoms with Crippen molar-refractivity contribution in [1.82, 2.24) is 9.38 Å². The Hall–Kier alpha value is -2.38. The first-order valence-electron chi connectivity index (χ1n) is 7.55. The predicted octanol–water partition coefficient (Wildman–Crippen LogP) is 3.39. The molecule has 2 aromatic heterocycles. The molecule has 0 radical (unpaired) electrons. The number of ether oxygens (including phenoxy) is 1. The summed E-state index contributed by atoms with van der Waals surface area (Å²) in [7, 11) is 0. The molecule has 0 saturated carbocycles. The summed E-state index contributed by atoms with van der Waals surface area (Å²) in [5.74, 6) is -0.944. The van der Waals surface area contributed by atoms with Gasteiger partial charge < -0.3 is 10.1 Å². The van der Waals surface area contributed by atoms with Crippen molar-refractivity contribution in [3.8, 4) is 0 Å². The van der Waals surface area contributed by atoms with E-state index in [9.17, 15) is 9.59 Å². The van der Waals surface area contributed by atoms with Gasteiger partial charge in [0.2, 0.25) is 0 Å². The van der Waals surface area contributed by atoms with E-state index in [0.717, 1.165) is 16.1 Å². The molecule has 0 unspecified atom stereocenters. The van der Waals surface area contributed by atoms with Gasteiger partial charge in [0.15, 0.2) is 11.6 Å². The highest BCUT2D eigenvalue weighted by atomic mass is 35.5. The fourth-order valence-electron chi connectivity index (χ4n) is 2.46. The number of hydrogen-bond acceptors (Lipinski definition) is 5. The van der Waals surface area contributed by atoms with Gasteiger partial charge in [-0.2, -0.15) is 0 Å². The van der Waals surface area contributed by atoms with Gasteiger partial charge in [-0.1, -0.05) is 17.7 Å². The molecule has 3 rings (SSSR count). The zero-order chi connectivity index (χ0) is 18.0. The van der Waals surface area contributed by atoms with E-state index in [4.69, 9.17) is 16.3 Å². The number of halogens is 1. The number of fused-ring (bicyclic) bond motifs is 1. The van der Waals surface area contributed by atoms with E-state index < -0.39 is 11.9 Å². The van der Waals surface area contributed by atoms with Gasteiger partial charge in [-0.3, -0.25) is 14.0 Å². The Bertz CT molecular complexity index is 896. The Kier molecular flexibility index (Phi) is 5.06. The molecule has 0 fully saturated rings. The molecule has 0 aliphatic heterocycles. The van der Waals surface area contributed by atoms with Crippen LogP contribution in [0.25, 0.3) is 4.96 Å². The van der Waals surface area contributed by atoms with Gasteiger partial charge in [0.1, 0.15) is 0 Å². The van der Waals surface area contributed by atoms with Crippen LogP contribution in [0.4, 0.5) is 5.69 Å². The summed E-state index contributed by atoms with van der Waals surface area (Å²) in [6, 6.07) is 3.68. The molecule has 3 aromatic rings. The number of rotatable bonds is 5. The average molecular weight is 378 g/mol. The Labute approximate surface area is 153 Å². The van der Waals surface area contributed by atoms with Crippen molar-refractivity contribution in [1.29, 1.82) is 0 Å². The number of thiazole rings is 1. The average Bonchev–Trinajstić information content (AvgIpc) is 3.10. The number of anilines is 1. The van der Waals surface area contributed by atoms with Crippen molar-refractivity contribution in [3.63, 3.8) is 0 Å². The van der Waals surface area contributed by atoms with Crippen molar-refractivity contribution in [3.05, 3.63) is 51.7 Å². The van der Waals surface area contributed by atoms with Gasteiger partial charge in [-0.15, -0.1) is 11.3 Å². The lowest BCUT2D eigenvalue weighted by Gasteiger charge is -2.11. The van der Waals surface area contributed by atoms with Crippen LogP contribution < -0.4 is 5.32 Å². The highest BCUT2D eigenvalue weighted by Gasteiger charge is 2.13. The van der Waals surface area contributed by atoms with Gasteiger partial charge >= 0.3 is 5.97 Å². The third-order valence-corrected chi connectivity index (χ3v) is 4.60. The third-order valence-electron chi connectivity index (χ3n) is 3.53. The maximum Gasteiger partial charge on any atom is 0.312 e. The van der Waals surface area contributed by atoms with Crippen LogP contribution in [0.3, 0.4) is 0 Å². The number of nitrogens with one attached hydrogen (secondary N) is 1. The molecule has 25 heavy (non-hydrogen) atoms. The van der Waals surface area contributed by atoms with E-state index in [1.165, 1.54) is 11.3 Å². The molecule has 2 heterocycles. The Morgan fingerprint density at radius 1 is 1.36 bits per heavy atom. The summed E-state index contributed by atoms with van der Waals surface area (Å²) in [6.45, 7) is 3.40. The van der Waals surface area contributed by atoms with E-state index in [1.807, 2.05) is 35.9 Å². The van der Waals surface area contributed by atoms with Crippen molar-refractivity contribution in [2.24, 2.45) is 0 Å². The molecule has 1 N–H and O–H groups in total. The smallest absolute Gasteiger partial charge is 0.312 e.